The molecule has 18 heavy (non-hydrogen) atoms. The predicted molar refractivity (Wildman–Crippen MR) is 77.9 cm³/mol. The van der Waals surface area contributed by atoms with E-state index >= 15 is 0 Å². The summed E-state index contributed by atoms with van der Waals surface area (Å²) in [6.45, 7) is 2.07. The maximum Gasteiger partial charge on any atom is 0.316 e. The first-order chi connectivity index (χ1) is 8.50. The van der Waals surface area contributed by atoms with E-state index in [1.165, 1.54) is 4.90 Å². The molecule has 2 amide bonds. The van der Waals surface area contributed by atoms with Gasteiger partial charge in [0.25, 0.3) is 0 Å². The van der Waals surface area contributed by atoms with Crippen molar-refractivity contribution in [2.75, 3.05) is 27.2 Å². The minimum absolute atomic E-state index is 0.0777. The summed E-state index contributed by atoms with van der Waals surface area (Å²) in [5.74, 6) is 0. The highest BCUT2D eigenvalue weighted by atomic mass is 79.9. The molecule has 0 fully saturated rings. The molecule has 0 saturated heterocycles. The Kier molecular flexibility index (Phi) is 6.46. The zero-order valence-electron chi connectivity index (χ0n) is 10.5. The van der Waals surface area contributed by atoms with Crippen molar-refractivity contribution in [3.63, 3.8) is 0 Å². The summed E-state index contributed by atoms with van der Waals surface area (Å²) in [5, 5.41) is 6.73. The number of rotatable bonds is 5. The van der Waals surface area contributed by atoms with Gasteiger partial charge in [0.1, 0.15) is 0 Å². The van der Waals surface area contributed by atoms with E-state index in [9.17, 15) is 4.79 Å². The predicted octanol–water partition coefficient (Wildman–Crippen LogP) is 2.46. The van der Waals surface area contributed by atoms with E-state index in [4.69, 9.17) is 11.6 Å². The van der Waals surface area contributed by atoms with E-state index in [0.29, 0.717) is 11.6 Å². The van der Waals surface area contributed by atoms with Gasteiger partial charge in [-0.25, -0.2) is 4.79 Å². The van der Waals surface area contributed by atoms with Crippen molar-refractivity contribution in [3.8, 4) is 0 Å². The first kappa shape index (κ1) is 15.3. The first-order valence-electron chi connectivity index (χ1n) is 5.60. The van der Waals surface area contributed by atoms with Gasteiger partial charge < -0.3 is 15.5 Å². The number of nitrogens with one attached hydrogen (secondary N) is 2. The number of halogens is 2. The second kappa shape index (κ2) is 7.61. The summed E-state index contributed by atoms with van der Waals surface area (Å²) >= 11 is 9.29. The minimum atomic E-state index is -0.0777. The van der Waals surface area contributed by atoms with Crippen molar-refractivity contribution in [1.82, 2.24) is 15.5 Å². The number of amides is 2. The van der Waals surface area contributed by atoms with E-state index in [1.54, 1.807) is 14.1 Å². The van der Waals surface area contributed by atoms with Crippen LogP contribution in [-0.4, -0.2) is 38.1 Å². The molecule has 1 aromatic rings. The van der Waals surface area contributed by atoms with Crippen LogP contribution >= 0.6 is 27.5 Å². The SMILES string of the molecule is CN(C)C(=O)NCCNCc1ccc(Cl)c(Br)c1. The Morgan fingerprint density at radius 2 is 2.11 bits per heavy atom. The highest BCUT2D eigenvalue weighted by Crippen LogP contribution is 2.22. The Hall–Kier alpha value is -0.780. The maximum atomic E-state index is 11.2. The van der Waals surface area contributed by atoms with Gasteiger partial charge in [0.05, 0.1) is 5.02 Å². The van der Waals surface area contributed by atoms with Crippen molar-refractivity contribution < 1.29 is 4.79 Å². The molecule has 0 aromatic heterocycles. The molecule has 0 bridgehead atoms. The second-order valence-electron chi connectivity index (χ2n) is 4.05. The quantitative estimate of drug-likeness (QED) is 0.813. The van der Waals surface area contributed by atoms with Crippen LogP contribution in [0.4, 0.5) is 4.79 Å². The van der Waals surface area contributed by atoms with Gasteiger partial charge in [-0.2, -0.15) is 0 Å². The zero-order chi connectivity index (χ0) is 13.5. The number of carbonyl (C=O) groups is 1. The van der Waals surface area contributed by atoms with E-state index in [-0.39, 0.29) is 6.03 Å². The van der Waals surface area contributed by atoms with E-state index in [2.05, 4.69) is 26.6 Å². The number of benzene rings is 1. The fourth-order valence-corrected chi connectivity index (χ4v) is 1.84. The summed E-state index contributed by atoms with van der Waals surface area (Å²) < 4.78 is 0.893. The van der Waals surface area contributed by atoms with Gasteiger partial charge in [-0.15, -0.1) is 0 Å². The number of urea groups is 1. The molecular formula is C12H17BrClN3O. The molecule has 0 radical (unpaired) electrons. The minimum Gasteiger partial charge on any atom is -0.337 e. The van der Waals surface area contributed by atoms with Crippen molar-refractivity contribution in [2.24, 2.45) is 0 Å². The van der Waals surface area contributed by atoms with E-state index in [1.807, 2.05) is 18.2 Å². The van der Waals surface area contributed by atoms with Crippen LogP contribution < -0.4 is 10.6 Å². The van der Waals surface area contributed by atoms with Gasteiger partial charge in [-0.05, 0) is 33.6 Å². The number of hydrogen-bond acceptors (Lipinski definition) is 2. The first-order valence-corrected chi connectivity index (χ1v) is 6.77. The Morgan fingerprint density at radius 1 is 1.39 bits per heavy atom. The number of carbonyl (C=O) groups excluding carboxylic acids is 1. The van der Waals surface area contributed by atoms with Crippen LogP contribution in [-0.2, 0) is 6.54 Å². The summed E-state index contributed by atoms with van der Waals surface area (Å²) in [4.78, 5) is 12.7. The van der Waals surface area contributed by atoms with E-state index in [0.717, 1.165) is 23.1 Å². The molecule has 4 nitrogen and oxygen atoms in total. The van der Waals surface area contributed by atoms with Crippen molar-refractivity contribution in [3.05, 3.63) is 33.3 Å². The van der Waals surface area contributed by atoms with E-state index < -0.39 is 0 Å². The fourth-order valence-electron chi connectivity index (χ4n) is 1.30. The molecule has 0 heterocycles. The number of hydrogen-bond donors (Lipinski definition) is 2. The molecule has 0 saturated carbocycles. The molecule has 1 rings (SSSR count). The molecule has 0 spiro atoms. The topological polar surface area (TPSA) is 44.4 Å². The van der Waals surface area contributed by atoms with Gasteiger partial charge in [0, 0.05) is 38.2 Å². The lowest BCUT2D eigenvalue weighted by atomic mass is 10.2. The average Bonchev–Trinajstić information content (AvgIpc) is 2.32. The highest BCUT2D eigenvalue weighted by Gasteiger charge is 2.01. The van der Waals surface area contributed by atoms with Gasteiger partial charge in [-0.3, -0.25) is 0 Å². The van der Waals surface area contributed by atoms with Gasteiger partial charge in [0.2, 0.25) is 0 Å². The third kappa shape index (κ3) is 5.25. The lowest BCUT2D eigenvalue weighted by molar-refractivity contribution is 0.217. The molecule has 100 valence electrons. The van der Waals surface area contributed by atoms with Crippen LogP contribution in [0.15, 0.2) is 22.7 Å². The third-order valence-corrected chi connectivity index (χ3v) is 3.51. The Bertz CT molecular complexity index is 412. The van der Waals surface area contributed by atoms with Crippen LogP contribution in [0.1, 0.15) is 5.56 Å². The molecule has 0 aliphatic carbocycles. The standard InChI is InChI=1S/C12H17BrClN3O/c1-17(2)12(18)16-6-5-15-8-9-3-4-11(14)10(13)7-9/h3-4,7,15H,5-6,8H2,1-2H3,(H,16,18). The summed E-state index contributed by atoms with van der Waals surface area (Å²) in [6, 6.07) is 5.73. The highest BCUT2D eigenvalue weighted by molar-refractivity contribution is 9.10. The Labute approximate surface area is 121 Å². The second-order valence-corrected chi connectivity index (χ2v) is 5.31. The Morgan fingerprint density at radius 3 is 2.72 bits per heavy atom. The van der Waals surface area contributed by atoms with Gasteiger partial charge in [-0.1, -0.05) is 17.7 Å². The molecule has 0 aliphatic rings. The molecule has 1 aromatic carbocycles. The average molecular weight is 335 g/mol. The van der Waals surface area contributed by atoms with Gasteiger partial charge in [0.15, 0.2) is 0 Å². The Balaban J connectivity index is 2.22. The largest absolute Gasteiger partial charge is 0.337 e. The normalized spacial score (nSPS) is 10.2. The molecular weight excluding hydrogens is 318 g/mol. The van der Waals surface area contributed by atoms with Crippen LogP contribution in [0.25, 0.3) is 0 Å². The monoisotopic (exact) mass is 333 g/mol. The summed E-state index contributed by atoms with van der Waals surface area (Å²) in [5.41, 5.74) is 1.14. The lowest BCUT2D eigenvalue weighted by Crippen LogP contribution is -2.38. The van der Waals surface area contributed by atoms with Crippen molar-refractivity contribution in [1.29, 1.82) is 0 Å². The molecule has 0 aliphatic heterocycles. The summed E-state index contributed by atoms with van der Waals surface area (Å²) in [6.07, 6.45) is 0. The van der Waals surface area contributed by atoms with Crippen molar-refractivity contribution >= 4 is 33.6 Å². The van der Waals surface area contributed by atoms with Crippen LogP contribution in [0.3, 0.4) is 0 Å². The van der Waals surface area contributed by atoms with Crippen LogP contribution in [0.2, 0.25) is 5.02 Å². The third-order valence-electron chi connectivity index (χ3n) is 2.30. The maximum absolute atomic E-state index is 11.2. The molecule has 2 N–H and O–H groups in total. The van der Waals surface area contributed by atoms with Crippen LogP contribution in [0.5, 0.6) is 0 Å². The smallest absolute Gasteiger partial charge is 0.316 e. The van der Waals surface area contributed by atoms with Gasteiger partial charge >= 0.3 is 6.03 Å². The molecule has 0 unspecified atom stereocenters. The number of nitrogens with zero attached hydrogens (tertiary/aromatic N) is 1. The van der Waals surface area contributed by atoms with Crippen LogP contribution in [0, 0.1) is 0 Å². The van der Waals surface area contributed by atoms with Crippen molar-refractivity contribution in [2.45, 2.75) is 6.54 Å². The summed E-state index contributed by atoms with van der Waals surface area (Å²) in [7, 11) is 3.43. The lowest BCUT2D eigenvalue weighted by Gasteiger charge is -2.12. The molecule has 6 heteroatoms. The zero-order valence-corrected chi connectivity index (χ0v) is 12.8. The molecule has 0 atom stereocenters. The fraction of sp³-hybridized carbons (Fsp3) is 0.417.